The molecule has 1 saturated carbocycles. The zero-order valence-electron chi connectivity index (χ0n) is 18.2. The van der Waals surface area contributed by atoms with Gasteiger partial charge in [0, 0.05) is 18.6 Å². The zero-order chi connectivity index (χ0) is 21.7. The van der Waals surface area contributed by atoms with Gasteiger partial charge < -0.3 is 13.4 Å². The highest BCUT2D eigenvalue weighted by Crippen LogP contribution is 2.40. The molecule has 4 rings (SSSR count). The molecule has 0 amide bonds. The number of hydrogen-bond donors (Lipinski definition) is 0. The molecular formula is C22H28BrN5OSi. The first-order valence-electron chi connectivity index (χ1n) is 10.4. The highest BCUT2D eigenvalue weighted by molar-refractivity contribution is 9.10. The van der Waals surface area contributed by atoms with Crippen LogP contribution in [-0.2, 0) is 4.43 Å². The fourth-order valence-electron chi connectivity index (χ4n) is 3.30. The first-order valence-corrected chi connectivity index (χ1v) is 14.1. The van der Waals surface area contributed by atoms with Crippen molar-refractivity contribution in [1.82, 2.24) is 18.9 Å². The third kappa shape index (κ3) is 4.11. The molecule has 1 unspecified atom stereocenters. The van der Waals surface area contributed by atoms with Crippen LogP contribution in [-0.4, -0.2) is 33.9 Å². The number of pyridine rings is 1. The van der Waals surface area contributed by atoms with Crippen molar-refractivity contribution in [3.63, 3.8) is 0 Å². The number of halogens is 1. The molecule has 8 heteroatoms. The molecule has 0 radical (unpaired) electrons. The number of rotatable bonds is 6. The summed E-state index contributed by atoms with van der Waals surface area (Å²) in [6, 6.07) is 6.23. The predicted molar refractivity (Wildman–Crippen MR) is 123 cm³/mol. The maximum absolute atomic E-state index is 9.31. The van der Waals surface area contributed by atoms with Gasteiger partial charge in [0.15, 0.2) is 18.7 Å². The zero-order valence-corrected chi connectivity index (χ0v) is 20.8. The van der Waals surface area contributed by atoms with Crippen LogP contribution < -0.4 is 0 Å². The standard InChI is InChI=1S/C22H28BrN5OSi/c1-22(2,3)30(4,5)29-14-19(28-12-17(10-24)25-21(28)23)18-13-27-11-16(15-6-7-15)8-9-20(27)26-18/h8-9,11-13,15,19H,6-7,14H2,1-5H3. The number of nitriles is 1. The Hall–Kier alpha value is -1.95. The Balaban J connectivity index is 1.72. The summed E-state index contributed by atoms with van der Waals surface area (Å²) in [5.74, 6) is 0.693. The van der Waals surface area contributed by atoms with Gasteiger partial charge in [-0.15, -0.1) is 0 Å². The highest BCUT2D eigenvalue weighted by Gasteiger charge is 2.38. The summed E-state index contributed by atoms with van der Waals surface area (Å²) in [4.78, 5) is 9.20. The number of hydrogen-bond acceptors (Lipinski definition) is 4. The minimum Gasteiger partial charge on any atom is -0.414 e. The Morgan fingerprint density at radius 2 is 1.97 bits per heavy atom. The van der Waals surface area contributed by atoms with Gasteiger partial charge in [0.25, 0.3) is 0 Å². The number of imidazole rings is 2. The molecule has 0 aromatic carbocycles. The summed E-state index contributed by atoms with van der Waals surface area (Å²) in [5.41, 5.74) is 3.57. The van der Waals surface area contributed by atoms with Gasteiger partial charge in [-0.1, -0.05) is 26.8 Å². The molecule has 3 aromatic heterocycles. The fraction of sp³-hybridized carbons (Fsp3) is 0.500. The predicted octanol–water partition coefficient (Wildman–Crippen LogP) is 5.65. The van der Waals surface area contributed by atoms with Gasteiger partial charge >= 0.3 is 0 Å². The highest BCUT2D eigenvalue weighted by atomic mass is 79.9. The van der Waals surface area contributed by atoms with E-state index >= 15 is 0 Å². The molecule has 0 spiro atoms. The lowest BCUT2D eigenvalue weighted by Gasteiger charge is -2.37. The monoisotopic (exact) mass is 485 g/mol. The van der Waals surface area contributed by atoms with E-state index in [-0.39, 0.29) is 11.1 Å². The van der Waals surface area contributed by atoms with Crippen molar-refractivity contribution >= 4 is 29.9 Å². The van der Waals surface area contributed by atoms with Gasteiger partial charge in [-0.05, 0) is 64.5 Å². The van der Waals surface area contributed by atoms with Gasteiger partial charge in [-0.3, -0.25) is 0 Å². The number of fused-ring (bicyclic) bond motifs is 1. The minimum absolute atomic E-state index is 0.111. The Morgan fingerprint density at radius 1 is 1.23 bits per heavy atom. The second-order valence-electron chi connectivity index (χ2n) is 9.67. The van der Waals surface area contributed by atoms with Crippen molar-refractivity contribution in [2.75, 3.05) is 6.61 Å². The van der Waals surface area contributed by atoms with Gasteiger partial charge in [-0.2, -0.15) is 5.26 Å². The van der Waals surface area contributed by atoms with Crippen LogP contribution in [0.1, 0.15) is 62.5 Å². The Morgan fingerprint density at radius 3 is 2.57 bits per heavy atom. The lowest BCUT2D eigenvalue weighted by Crippen LogP contribution is -2.42. The molecule has 0 bridgehead atoms. The van der Waals surface area contributed by atoms with E-state index in [2.05, 4.69) is 89.8 Å². The van der Waals surface area contributed by atoms with Gasteiger partial charge in [0.05, 0.1) is 12.3 Å². The van der Waals surface area contributed by atoms with E-state index in [1.807, 2.05) is 4.57 Å². The quantitative estimate of drug-likeness (QED) is 0.422. The smallest absolute Gasteiger partial charge is 0.192 e. The van der Waals surface area contributed by atoms with Crippen LogP contribution in [0.3, 0.4) is 0 Å². The van der Waals surface area contributed by atoms with Gasteiger partial charge in [0.1, 0.15) is 17.8 Å². The molecule has 6 nitrogen and oxygen atoms in total. The van der Waals surface area contributed by atoms with Crippen LogP contribution in [0, 0.1) is 11.3 Å². The Bertz CT molecular complexity index is 1120. The van der Waals surface area contributed by atoms with Crippen molar-refractivity contribution < 1.29 is 4.43 Å². The van der Waals surface area contributed by atoms with Crippen LogP contribution in [0.5, 0.6) is 0 Å². The normalized spacial score (nSPS) is 16.0. The molecule has 0 saturated heterocycles. The summed E-state index contributed by atoms with van der Waals surface area (Å²) < 4.78 is 11.2. The summed E-state index contributed by atoms with van der Waals surface area (Å²) in [6.07, 6.45) is 8.59. The van der Waals surface area contributed by atoms with Crippen LogP contribution in [0.2, 0.25) is 18.1 Å². The topological polar surface area (TPSA) is 68.1 Å². The van der Waals surface area contributed by atoms with E-state index in [4.69, 9.17) is 9.41 Å². The number of aromatic nitrogens is 4. The fourth-order valence-corrected chi connectivity index (χ4v) is 4.85. The van der Waals surface area contributed by atoms with E-state index in [9.17, 15) is 5.26 Å². The molecule has 1 aliphatic carbocycles. The molecule has 1 atom stereocenters. The maximum atomic E-state index is 9.31. The maximum Gasteiger partial charge on any atom is 0.192 e. The molecule has 30 heavy (non-hydrogen) atoms. The number of nitrogens with zero attached hydrogens (tertiary/aromatic N) is 5. The molecule has 158 valence electrons. The third-order valence-corrected chi connectivity index (χ3v) is 11.5. The third-order valence-electron chi connectivity index (χ3n) is 6.43. The van der Waals surface area contributed by atoms with Crippen molar-refractivity contribution in [2.24, 2.45) is 0 Å². The molecular weight excluding hydrogens is 458 g/mol. The van der Waals surface area contributed by atoms with E-state index in [1.54, 1.807) is 6.20 Å². The lowest BCUT2D eigenvalue weighted by molar-refractivity contribution is 0.245. The lowest BCUT2D eigenvalue weighted by atomic mass is 10.2. The average Bonchev–Trinajstić information content (AvgIpc) is 3.34. The largest absolute Gasteiger partial charge is 0.414 e. The van der Waals surface area contributed by atoms with Crippen LogP contribution >= 0.6 is 15.9 Å². The minimum atomic E-state index is -1.96. The molecule has 0 aliphatic heterocycles. The van der Waals surface area contributed by atoms with Crippen LogP contribution in [0.4, 0.5) is 0 Å². The summed E-state index contributed by atoms with van der Waals surface area (Å²) >= 11 is 3.52. The second-order valence-corrected chi connectivity index (χ2v) is 15.2. The molecule has 0 N–H and O–H groups in total. The van der Waals surface area contributed by atoms with E-state index in [0.717, 1.165) is 11.3 Å². The van der Waals surface area contributed by atoms with Gasteiger partial charge in [0.2, 0.25) is 0 Å². The Labute approximate surface area is 187 Å². The molecule has 1 fully saturated rings. The van der Waals surface area contributed by atoms with Crippen molar-refractivity contribution in [3.05, 3.63) is 52.4 Å². The average molecular weight is 486 g/mol. The molecule has 3 heterocycles. The van der Waals surface area contributed by atoms with Crippen molar-refractivity contribution in [2.45, 2.75) is 63.7 Å². The first-order chi connectivity index (χ1) is 14.1. The SMILES string of the molecule is CC(C)(C)[Si](C)(C)OCC(c1cn2cc(C3CC3)ccc2n1)n1cc(C#N)nc1Br. The van der Waals surface area contributed by atoms with Crippen molar-refractivity contribution in [3.8, 4) is 6.07 Å². The van der Waals surface area contributed by atoms with Gasteiger partial charge in [-0.25, -0.2) is 9.97 Å². The van der Waals surface area contributed by atoms with E-state index in [1.165, 1.54) is 18.4 Å². The Kier molecular flexibility index (Phi) is 5.41. The molecule has 3 aromatic rings. The van der Waals surface area contributed by atoms with Crippen LogP contribution in [0.25, 0.3) is 5.65 Å². The molecule has 1 aliphatic rings. The first kappa shape index (κ1) is 21.3. The van der Waals surface area contributed by atoms with Crippen molar-refractivity contribution in [1.29, 1.82) is 5.26 Å². The summed E-state index contributed by atoms with van der Waals surface area (Å²) in [7, 11) is -1.96. The van der Waals surface area contributed by atoms with E-state index in [0.29, 0.717) is 23.0 Å². The summed E-state index contributed by atoms with van der Waals surface area (Å²) in [6.45, 7) is 11.7. The summed E-state index contributed by atoms with van der Waals surface area (Å²) in [5, 5.41) is 9.42. The second kappa shape index (κ2) is 7.63. The van der Waals surface area contributed by atoms with Crippen LogP contribution in [0.15, 0.2) is 35.5 Å². The van der Waals surface area contributed by atoms with E-state index < -0.39 is 8.32 Å².